The van der Waals surface area contributed by atoms with Crippen LogP contribution in [0.5, 0.6) is 5.75 Å². The fourth-order valence-electron chi connectivity index (χ4n) is 13.0. The molecule has 0 aromatic heterocycles. The quantitative estimate of drug-likeness (QED) is 0.00793. The number of nitrogens with two attached hydrogens (primary N) is 1. The standard InChI is InChI=1S/C73H106F5N11O15/c1-15-42(8)63(88(12)71(97)61(40(4)5)86-70(96)62(41(6)7)87(10)11)51(100-13)35-53(91)89-33-21-25-50(89)64(101-14)43(9)66(92)84-49(34-44-22-17-16-18-23-44)67(93)81-36-45-28-30-47(31-29-45)82-68(94)48(24-20-32-80-73(79)99)83-69(95)60(39(2)3)85-52(90)26-19-27-54-102-37-46(38-103-54)72(98)104-65-58(77)56(75)55(74)57(76)59(65)78/h16-18,22-23,28-31,39-43,46,48-51,54,60-64H,15,19-21,24-27,32-38H2,1-14H3,(H,81,93)(H,82,94)(H,83,95)(H,84,92)(H,85,90)(H,86,96)(H3,79,80,99)/t42-,43+,46?,48-,49-,50-,51+,54?,60-,61-,62-,63-,64+/m0/s1. The molecule has 2 fully saturated rings. The van der Waals surface area contributed by atoms with E-state index < -0.39 is 168 Å². The molecule has 2 aliphatic heterocycles. The Labute approximate surface area is 605 Å². The second-order valence-electron chi connectivity index (χ2n) is 27.9. The molecule has 0 aliphatic carbocycles. The molecule has 2 aliphatic rings. The minimum atomic E-state index is -2.43. The lowest BCUT2D eigenvalue weighted by Crippen LogP contribution is -2.59. The largest absolute Gasteiger partial charge is 0.420 e. The highest BCUT2D eigenvalue weighted by Gasteiger charge is 2.44. The number of hydrogen-bond donors (Lipinski definition) is 8. The maximum absolute atomic E-state index is 14.6. The van der Waals surface area contributed by atoms with Crippen molar-refractivity contribution in [3.05, 3.63) is 94.8 Å². The Hall–Kier alpha value is -8.39. The van der Waals surface area contributed by atoms with E-state index in [-0.39, 0.29) is 93.5 Å². The van der Waals surface area contributed by atoms with Gasteiger partial charge in [-0.25, -0.2) is 18.0 Å². The highest BCUT2D eigenvalue weighted by atomic mass is 19.2. The summed E-state index contributed by atoms with van der Waals surface area (Å²) >= 11 is 0. The van der Waals surface area contributed by atoms with E-state index in [4.69, 9.17) is 24.7 Å². The second-order valence-corrected chi connectivity index (χ2v) is 27.9. The number of amides is 10. The number of benzene rings is 3. The zero-order valence-electron chi connectivity index (χ0n) is 62.0. The van der Waals surface area contributed by atoms with Crippen LogP contribution in [-0.2, 0) is 75.1 Å². The molecule has 2 saturated heterocycles. The minimum Gasteiger partial charge on any atom is -0.420 e. The molecule has 5 rings (SSSR count). The van der Waals surface area contributed by atoms with Crippen LogP contribution in [0.3, 0.4) is 0 Å². The molecular weight excluding hydrogens is 1370 g/mol. The maximum Gasteiger partial charge on any atom is 0.319 e. The summed E-state index contributed by atoms with van der Waals surface area (Å²) in [4.78, 5) is 142. The van der Waals surface area contributed by atoms with Gasteiger partial charge in [-0.3, -0.25) is 48.1 Å². The molecule has 578 valence electrons. The van der Waals surface area contributed by atoms with Crippen LogP contribution in [0.2, 0.25) is 0 Å². The number of carbonyl (C=O) groups excluding carboxylic acids is 10. The highest BCUT2D eigenvalue weighted by Crippen LogP contribution is 2.33. The molecule has 3 aromatic rings. The fourth-order valence-corrected chi connectivity index (χ4v) is 13.0. The van der Waals surface area contributed by atoms with Gasteiger partial charge in [-0.2, -0.15) is 8.78 Å². The van der Waals surface area contributed by atoms with Gasteiger partial charge in [-0.15, -0.1) is 0 Å². The Morgan fingerprint density at radius 2 is 1.27 bits per heavy atom. The van der Waals surface area contributed by atoms with E-state index in [0.717, 1.165) is 5.56 Å². The van der Waals surface area contributed by atoms with Crippen molar-refractivity contribution in [2.75, 3.05) is 67.0 Å². The van der Waals surface area contributed by atoms with Crippen molar-refractivity contribution < 1.29 is 93.6 Å². The van der Waals surface area contributed by atoms with Crippen LogP contribution < -0.4 is 47.7 Å². The van der Waals surface area contributed by atoms with Gasteiger partial charge in [0.2, 0.25) is 82.1 Å². The number of nitrogens with zero attached hydrogens (tertiary/aromatic N) is 3. The van der Waals surface area contributed by atoms with E-state index in [1.807, 2.05) is 90.9 Å². The monoisotopic (exact) mass is 1470 g/mol. The van der Waals surface area contributed by atoms with E-state index in [1.165, 1.54) is 14.2 Å². The lowest BCUT2D eigenvalue weighted by atomic mass is 9.89. The van der Waals surface area contributed by atoms with E-state index in [9.17, 15) is 69.9 Å². The first-order valence-electron chi connectivity index (χ1n) is 35.4. The number of ether oxygens (including phenoxy) is 5. The summed E-state index contributed by atoms with van der Waals surface area (Å²) in [5.41, 5.74) is 6.94. The van der Waals surface area contributed by atoms with Crippen LogP contribution in [0, 0.1) is 64.6 Å². The summed E-state index contributed by atoms with van der Waals surface area (Å²) in [6.45, 7) is 16.3. The van der Waals surface area contributed by atoms with Gasteiger partial charge in [-0.1, -0.05) is 111 Å². The Bertz CT molecular complexity index is 3350. The number of esters is 1. The van der Waals surface area contributed by atoms with Gasteiger partial charge in [0.15, 0.2) is 6.29 Å². The van der Waals surface area contributed by atoms with Crippen molar-refractivity contribution in [3.63, 3.8) is 0 Å². The van der Waals surface area contributed by atoms with Crippen molar-refractivity contribution in [2.45, 2.75) is 194 Å². The zero-order chi connectivity index (χ0) is 77.4. The van der Waals surface area contributed by atoms with Crippen molar-refractivity contribution in [1.82, 2.24) is 46.6 Å². The SMILES string of the molecule is CC[C@H](C)[C@@H]([C@@H](CC(=O)N1CCC[C@H]1[C@H](OC)[C@@H](C)C(=O)N[C@@H](Cc1ccccc1)C(=O)NCc1ccc(NC(=O)[C@H](CCCNC(N)=O)NC(=O)[C@@H](NC(=O)CCCC2OCC(C(=O)Oc3c(F)c(F)c(F)c(F)c3F)CO2)C(C)C)cc1)OC)N(C)C(=O)[C@@H](NC(=O)[C@H](C(C)C)N(C)C)C(C)C. The molecule has 31 heteroatoms. The molecule has 0 radical (unpaired) electrons. The minimum absolute atomic E-state index is 0.00230. The molecule has 10 amide bonds. The third-order valence-corrected chi connectivity index (χ3v) is 18.9. The number of primary amides is 1. The van der Waals surface area contributed by atoms with Crippen molar-refractivity contribution in [1.29, 1.82) is 0 Å². The number of hydrogen-bond acceptors (Lipinski definition) is 16. The van der Waals surface area contributed by atoms with E-state index in [2.05, 4.69) is 42.0 Å². The van der Waals surface area contributed by atoms with Crippen LogP contribution in [-0.4, -0.2) is 196 Å². The third-order valence-electron chi connectivity index (χ3n) is 18.9. The van der Waals surface area contributed by atoms with Gasteiger partial charge >= 0.3 is 12.0 Å². The summed E-state index contributed by atoms with van der Waals surface area (Å²) in [5, 5.41) is 19.5. The average molecular weight is 1470 g/mol. The number of methoxy groups -OCH3 is 2. The molecule has 0 bridgehead atoms. The first kappa shape index (κ1) is 86.3. The third kappa shape index (κ3) is 24.3. The number of urea groups is 1. The molecule has 3 aromatic carbocycles. The molecule has 2 heterocycles. The molecular formula is C73H106F5N11O15. The topological polar surface area (TPSA) is 337 Å². The lowest BCUT2D eigenvalue weighted by Gasteiger charge is -2.41. The molecule has 26 nitrogen and oxygen atoms in total. The number of anilines is 1. The van der Waals surface area contributed by atoms with E-state index >= 15 is 0 Å². The summed E-state index contributed by atoms with van der Waals surface area (Å²) in [7, 11) is 8.32. The Kier molecular flexibility index (Phi) is 34.3. The van der Waals surface area contributed by atoms with Crippen LogP contribution in [0.15, 0.2) is 54.6 Å². The van der Waals surface area contributed by atoms with Crippen LogP contribution in [0.25, 0.3) is 0 Å². The smallest absolute Gasteiger partial charge is 0.319 e. The first-order chi connectivity index (χ1) is 49.1. The summed E-state index contributed by atoms with van der Waals surface area (Å²) in [6.07, 6.45) is -0.391. The normalized spacial score (nSPS) is 18.2. The number of nitrogens with one attached hydrogen (secondary N) is 7. The van der Waals surface area contributed by atoms with Crippen molar-refractivity contribution in [3.8, 4) is 5.75 Å². The van der Waals surface area contributed by atoms with Gasteiger partial charge in [0.05, 0.1) is 55.9 Å². The second kappa shape index (κ2) is 41.3. The number of rotatable bonds is 39. The average Bonchev–Trinajstić information content (AvgIpc) is 1.04. The van der Waals surface area contributed by atoms with Crippen molar-refractivity contribution in [2.24, 2.45) is 41.2 Å². The number of carbonyl (C=O) groups is 10. The lowest BCUT2D eigenvalue weighted by molar-refractivity contribution is -0.208. The number of likely N-dealkylation sites (N-methyl/N-ethyl adjacent to an activating group) is 2. The molecule has 0 spiro atoms. The fraction of sp³-hybridized carbons (Fsp3) is 0.616. The molecule has 9 N–H and O–H groups in total. The van der Waals surface area contributed by atoms with Gasteiger partial charge < -0.3 is 76.4 Å². The van der Waals surface area contributed by atoms with Gasteiger partial charge in [0.1, 0.15) is 30.1 Å². The van der Waals surface area contributed by atoms with E-state index in [1.54, 1.807) is 61.9 Å². The summed E-state index contributed by atoms with van der Waals surface area (Å²) in [5.74, 6) is -21.6. The molecule has 11 atom stereocenters. The Balaban J connectivity index is 1.19. The van der Waals surface area contributed by atoms with Crippen LogP contribution in [0.4, 0.5) is 32.4 Å². The Morgan fingerprint density at radius 1 is 0.663 bits per heavy atom. The van der Waals surface area contributed by atoms with Gasteiger partial charge in [-0.05, 0) is 99.6 Å². The number of likely N-dealkylation sites (tertiary alicyclic amines) is 1. The maximum atomic E-state index is 14.6. The molecule has 0 saturated carbocycles. The number of halogens is 5. The van der Waals surface area contributed by atoms with Crippen LogP contribution >= 0.6 is 0 Å². The predicted octanol–water partition coefficient (Wildman–Crippen LogP) is 6.15. The van der Waals surface area contributed by atoms with Gasteiger partial charge in [0.25, 0.3) is 0 Å². The first-order valence-corrected chi connectivity index (χ1v) is 35.4. The van der Waals surface area contributed by atoms with E-state index in [0.29, 0.717) is 37.1 Å². The Morgan fingerprint density at radius 3 is 1.83 bits per heavy atom. The predicted molar refractivity (Wildman–Crippen MR) is 375 cm³/mol. The molecule has 0 unspecified atom stereocenters. The molecule has 104 heavy (non-hydrogen) atoms. The zero-order valence-corrected chi connectivity index (χ0v) is 62.0. The summed E-state index contributed by atoms with van der Waals surface area (Å²) < 4.78 is 96.6. The van der Waals surface area contributed by atoms with Crippen molar-refractivity contribution >= 4 is 64.9 Å². The van der Waals surface area contributed by atoms with Crippen LogP contribution in [0.1, 0.15) is 131 Å². The van der Waals surface area contributed by atoms with Gasteiger partial charge in [0, 0.05) is 59.4 Å². The highest BCUT2D eigenvalue weighted by molar-refractivity contribution is 5.98. The summed E-state index contributed by atoms with van der Waals surface area (Å²) in [6, 6.07) is 8.98.